The molecule has 1 aromatic rings. The lowest BCUT2D eigenvalue weighted by Crippen LogP contribution is -2.61. The van der Waals surface area contributed by atoms with Crippen molar-refractivity contribution in [2.45, 2.75) is 38.7 Å². The highest BCUT2D eigenvalue weighted by atomic mass is 32.1. The van der Waals surface area contributed by atoms with Gasteiger partial charge in [-0.1, -0.05) is 6.92 Å². The third-order valence-corrected chi connectivity index (χ3v) is 5.03. The van der Waals surface area contributed by atoms with E-state index in [1.165, 1.54) is 16.9 Å². The number of β-amino-alcohol motifs (C(OH)–C–C–N with tert-alkyl or cyclic N) is 1. The summed E-state index contributed by atoms with van der Waals surface area (Å²) >= 11 is 1.73. The summed E-state index contributed by atoms with van der Waals surface area (Å²) in [4.78, 5) is 15.5. The molecule has 3 rings (SSSR count). The van der Waals surface area contributed by atoms with Crippen molar-refractivity contribution in [1.82, 2.24) is 4.90 Å². The van der Waals surface area contributed by atoms with E-state index in [9.17, 15) is 9.90 Å². The topological polar surface area (TPSA) is 40.5 Å². The molecule has 1 aliphatic heterocycles. The number of hydrogen-bond acceptors (Lipinski definition) is 3. The van der Waals surface area contributed by atoms with E-state index in [0.717, 1.165) is 24.3 Å². The Morgan fingerprint density at radius 2 is 2.28 bits per heavy atom. The van der Waals surface area contributed by atoms with E-state index >= 15 is 0 Å². The average molecular weight is 265 g/mol. The molecule has 98 valence electrons. The van der Waals surface area contributed by atoms with E-state index in [0.29, 0.717) is 13.1 Å². The molecule has 1 amide bonds. The predicted molar refractivity (Wildman–Crippen MR) is 72.0 cm³/mol. The van der Waals surface area contributed by atoms with Gasteiger partial charge in [-0.2, -0.15) is 0 Å². The third-order valence-electron chi connectivity index (χ3n) is 3.98. The zero-order valence-electron chi connectivity index (χ0n) is 10.9. The molecule has 1 aromatic heterocycles. The highest BCUT2D eigenvalue weighted by Gasteiger charge is 2.40. The van der Waals surface area contributed by atoms with E-state index in [1.54, 1.807) is 23.2 Å². The second kappa shape index (κ2) is 4.07. The Balaban J connectivity index is 1.80. The summed E-state index contributed by atoms with van der Waals surface area (Å²) in [6, 6.07) is 0. The van der Waals surface area contributed by atoms with Crippen LogP contribution in [0, 0.1) is 5.92 Å². The lowest BCUT2D eigenvalue weighted by Gasteiger charge is -2.44. The molecule has 1 N–H and O–H groups in total. The number of likely N-dealkylation sites (tertiary alicyclic amines) is 1. The number of fused-ring (bicyclic) bond motifs is 1. The third kappa shape index (κ3) is 1.97. The van der Waals surface area contributed by atoms with Crippen LogP contribution >= 0.6 is 11.3 Å². The maximum Gasteiger partial charge on any atom is 0.255 e. The highest BCUT2D eigenvalue weighted by Crippen LogP contribution is 2.34. The average Bonchev–Trinajstić information content (AvgIpc) is 2.67. The predicted octanol–water partition coefficient (Wildman–Crippen LogP) is 2.08. The van der Waals surface area contributed by atoms with Crippen molar-refractivity contribution in [3.8, 4) is 0 Å². The van der Waals surface area contributed by atoms with Crippen molar-refractivity contribution in [1.29, 1.82) is 0 Å². The molecule has 0 saturated carbocycles. The molecule has 1 fully saturated rings. The van der Waals surface area contributed by atoms with Gasteiger partial charge < -0.3 is 10.0 Å². The summed E-state index contributed by atoms with van der Waals surface area (Å²) in [5.41, 5.74) is 1.48. The van der Waals surface area contributed by atoms with Crippen LogP contribution in [0.25, 0.3) is 0 Å². The lowest BCUT2D eigenvalue weighted by atomic mass is 9.87. The number of thiophene rings is 1. The molecule has 0 bridgehead atoms. The van der Waals surface area contributed by atoms with Crippen LogP contribution < -0.4 is 0 Å². The Morgan fingerprint density at radius 3 is 2.94 bits per heavy atom. The van der Waals surface area contributed by atoms with Crippen LogP contribution in [0.4, 0.5) is 0 Å². The second-order valence-electron chi connectivity index (χ2n) is 6.06. The minimum atomic E-state index is -0.680. The van der Waals surface area contributed by atoms with Crippen molar-refractivity contribution < 1.29 is 9.90 Å². The van der Waals surface area contributed by atoms with Crippen molar-refractivity contribution in [3.05, 3.63) is 21.4 Å². The van der Waals surface area contributed by atoms with Crippen LogP contribution in [0.5, 0.6) is 0 Å². The smallest absolute Gasteiger partial charge is 0.255 e. The molecule has 1 atom stereocenters. The monoisotopic (exact) mass is 265 g/mol. The second-order valence-corrected chi connectivity index (χ2v) is 7.02. The summed E-state index contributed by atoms with van der Waals surface area (Å²) in [5, 5.41) is 11.7. The van der Waals surface area contributed by atoms with E-state index in [4.69, 9.17) is 0 Å². The summed E-state index contributed by atoms with van der Waals surface area (Å²) < 4.78 is 0. The molecule has 1 saturated heterocycles. The lowest BCUT2D eigenvalue weighted by molar-refractivity contribution is -0.0669. The van der Waals surface area contributed by atoms with Crippen LogP contribution in [0.3, 0.4) is 0 Å². The van der Waals surface area contributed by atoms with Crippen molar-refractivity contribution in [2.75, 3.05) is 13.1 Å². The molecule has 1 unspecified atom stereocenters. The standard InChI is InChI=1S/C14H19NO2S/c1-9-3-4-10-11(6-18-12(10)5-9)13(16)15-7-14(2,17)8-15/h6,9,17H,3-5,7-8H2,1-2H3. The maximum absolute atomic E-state index is 12.4. The van der Waals surface area contributed by atoms with Gasteiger partial charge in [0.15, 0.2) is 0 Å². The van der Waals surface area contributed by atoms with E-state index in [1.807, 2.05) is 5.38 Å². The number of nitrogens with zero attached hydrogens (tertiary/aromatic N) is 1. The molecule has 18 heavy (non-hydrogen) atoms. The molecule has 2 aliphatic rings. The summed E-state index contributed by atoms with van der Waals surface area (Å²) in [6.45, 7) is 4.98. The minimum absolute atomic E-state index is 0.105. The van der Waals surface area contributed by atoms with Gasteiger partial charge in [-0.05, 0) is 37.7 Å². The zero-order valence-corrected chi connectivity index (χ0v) is 11.7. The zero-order chi connectivity index (χ0) is 12.9. The quantitative estimate of drug-likeness (QED) is 0.844. The SMILES string of the molecule is CC1CCc2c(C(=O)N3CC(C)(O)C3)csc2C1. The molecule has 1 aliphatic carbocycles. The Labute approximate surface area is 111 Å². The fourth-order valence-corrected chi connectivity index (χ4v) is 4.18. The van der Waals surface area contributed by atoms with Gasteiger partial charge in [-0.15, -0.1) is 11.3 Å². The van der Waals surface area contributed by atoms with Gasteiger partial charge >= 0.3 is 0 Å². The van der Waals surface area contributed by atoms with Gasteiger partial charge in [0.1, 0.15) is 0 Å². The number of rotatable bonds is 1. The van der Waals surface area contributed by atoms with Crippen LogP contribution in [0.15, 0.2) is 5.38 Å². The Kier molecular flexibility index (Phi) is 2.75. The molecular formula is C14H19NO2S. The molecule has 0 aromatic carbocycles. The molecule has 0 radical (unpaired) electrons. The van der Waals surface area contributed by atoms with E-state index in [2.05, 4.69) is 6.92 Å². The molecule has 2 heterocycles. The van der Waals surface area contributed by atoms with Gasteiger partial charge in [0.2, 0.25) is 0 Å². The Hall–Kier alpha value is -0.870. The van der Waals surface area contributed by atoms with Crippen molar-refractivity contribution >= 4 is 17.2 Å². The number of carbonyl (C=O) groups is 1. The van der Waals surface area contributed by atoms with Gasteiger partial charge in [-0.25, -0.2) is 0 Å². The maximum atomic E-state index is 12.4. The highest BCUT2D eigenvalue weighted by molar-refractivity contribution is 7.10. The molecule has 3 nitrogen and oxygen atoms in total. The van der Waals surface area contributed by atoms with Gasteiger partial charge in [-0.3, -0.25) is 4.79 Å². The number of carbonyl (C=O) groups excluding carboxylic acids is 1. The Morgan fingerprint density at radius 1 is 1.56 bits per heavy atom. The van der Waals surface area contributed by atoms with Gasteiger partial charge in [0, 0.05) is 10.3 Å². The number of hydrogen-bond donors (Lipinski definition) is 1. The van der Waals surface area contributed by atoms with Crippen LogP contribution in [-0.2, 0) is 12.8 Å². The fraction of sp³-hybridized carbons (Fsp3) is 0.643. The first kappa shape index (κ1) is 12.2. The number of aliphatic hydroxyl groups is 1. The van der Waals surface area contributed by atoms with Gasteiger partial charge in [0.25, 0.3) is 5.91 Å². The summed E-state index contributed by atoms with van der Waals surface area (Å²) in [6.07, 6.45) is 3.33. The Bertz CT molecular complexity index is 484. The molecular weight excluding hydrogens is 246 g/mol. The molecule has 0 spiro atoms. The normalized spacial score (nSPS) is 25.5. The first-order chi connectivity index (χ1) is 8.46. The first-order valence-corrected chi connectivity index (χ1v) is 7.45. The number of amides is 1. The van der Waals surface area contributed by atoms with Crippen molar-refractivity contribution in [3.63, 3.8) is 0 Å². The first-order valence-electron chi connectivity index (χ1n) is 6.57. The molecule has 4 heteroatoms. The van der Waals surface area contributed by atoms with E-state index < -0.39 is 5.60 Å². The largest absolute Gasteiger partial charge is 0.386 e. The van der Waals surface area contributed by atoms with Gasteiger partial charge in [0.05, 0.1) is 24.3 Å². The van der Waals surface area contributed by atoms with Crippen LogP contribution in [0.2, 0.25) is 0 Å². The van der Waals surface area contributed by atoms with Crippen molar-refractivity contribution in [2.24, 2.45) is 5.92 Å². The summed E-state index contributed by atoms with van der Waals surface area (Å²) in [7, 11) is 0. The fourth-order valence-electron chi connectivity index (χ4n) is 2.95. The van der Waals surface area contributed by atoms with E-state index in [-0.39, 0.29) is 5.91 Å². The van der Waals surface area contributed by atoms with Crippen LogP contribution in [0.1, 0.15) is 41.1 Å². The summed E-state index contributed by atoms with van der Waals surface area (Å²) in [5.74, 6) is 0.845. The minimum Gasteiger partial charge on any atom is -0.386 e. The van der Waals surface area contributed by atoms with Crippen LogP contribution in [-0.4, -0.2) is 34.6 Å².